The molecule has 14 heavy (non-hydrogen) atoms. The van der Waals surface area contributed by atoms with Gasteiger partial charge in [0.2, 0.25) is 0 Å². The molecule has 2 aliphatic rings. The Balaban J connectivity index is 2.13. The third-order valence-electron chi connectivity index (χ3n) is 3.53. The Morgan fingerprint density at radius 2 is 2.14 bits per heavy atom. The molecule has 0 radical (unpaired) electrons. The van der Waals surface area contributed by atoms with Crippen molar-refractivity contribution in [2.45, 2.75) is 24.7 Å². The van der Waals surface area contributed by atoms with Crippen molar-refractivity contribution in [2.24, 2.45) is 0 Å². The van der Waals surface area contributed by atoms with Crippen LogP contribution in [0.2, 0.25) is 0 Å². The number of hydrogen-bond acceptors (Lipinski definition) is 1. The fourth-order valence-corrected chi connectivity index (χ4v) is 2.86. The molecule has 1 heterocycles. The zero-order valence-electron chi connectivity index (χ0n) is 8.15. The first kappa shape index (κ1) is 8.93. The molecule has 0 aromatic heterocycles. The Morgan fingerprint density at radius 1 is 1.29 bits per heavy atom. The van der Waals surface area contributed by atoms with E-state index in [9.17, 15) is 0 Å². The lowest BCUT2D eigenvalue weighted by molar-refractivity contribution is 0.602. The number of halogens is 1. The van der Waals surface area contributed by atoms with Gasteiger partial charge in [0.15, 0.2) is 0 Å². The van der Waals surface area contributed by atoms with Crippen molar-refractivity contribution in [3.05, 3.63) is 33.8 Å². The van der Waals surface area contributed by atoms with Crippen LogP contribution in [-0.2, 0) is 11.8 Å². The predicted molar refractivity (Wildman–Crippen MR) is 61.6 cm³/mol. The number of rotatable bonds is 0. The van der Waals surface area contributed by atoms with E-state index in [1.807, 2.05) is 0 Å². The van der Waals surface area contributed by atoms with Crippen molar-refractivity contribution in [3.8, 4) is 0 Å². The van der Waals surface area contributed by atoms with Gasteiger partial charge in [0.25, 0.3) is 0 Å². The molecular weight excluding hydrogens is 238 g/mol. The summed E-state index contributed by atoms with van der Waals surface area (Å²) >= 11 is 3.57. The van der Waals surface area contributed by atoms with Crippen molar-refractivity contribution in [3.63, 3.8) is 0 Å². The number of hydrogen-bond donors (Lipinski definition) is 1. The first-order valence-corrected chi connectivity index (χ1v) is 6.09. The first-order chi connectivity index (χ1) is 6.80. The van der Waals surface area contributed by atoms with E-state index in [-0.39, 0.29) is 0 Å². The van der Waals surface area contributed by atoms with Gasteiger partial charge in [-0.15, -0.1) is 0 Å². The smallest absolute Gasteiger partial charge is 0.0178 e. The van der Waals surface area contributed by atoms with E-state index in [1.165, 1.54) is 30.3 Å². The van der Waals surface area contributed by atoms with Crippen molar-refractivity contribution in [2.75, 3.05) is 13.1 Å². The summed E-state index contributed by atoms with van der Waals surface area (Å²) in [4.78, 5) is 0. The molecule has 3 rings (SSSR count). The van der Waals surface area contributed by atoms with Crippen molar-refractivity contribution >= 4 is 15.9 Å². The van der Waals surface area contributed by atoms with Crippen LogP contribution in [0.1, 0.15) is 24.0 Å². The number of fused-ring (bicyclic) bond motifs is 2. The SMILES string of the molecule is Brc1ccc2c(c1)C1(CC1)CNCC2. The second-order valence-electron chi connectivity index (χ2n) is 4.51. The summed E-state index contributed by atoms with van der Waals surface area (Å²) in [6.45, 7) is 2.31. The molecule has 0 bridgehead atoms. The lowest BCUT2D eigenvalue weighted by atomic mass is 9.91. The normalized spacial score (nSPS) is 22.9. The van der Waals surface area contributed by atoms with E-state index in [1.54, 1.807) is 11.1 Å². The van der Waals surface area contributed by atoms with Gasteiger partial charge in [-0.2, -0.15) is 0 Å². The molecule has 1 spiro atoms. The summed E-state index contributed by atoms with van der Waals surface area (Å²) in [7, 11) is 0. The lowest BCUT2D eigenvalue weighted by Gasteiger charge is -2.15. The largest absolute Gasteiger partial charge is 0.316 e. The Morgan fingerprint density at radius 3 is 2.93 bits per heavy atom. The predicted octanol–water partition coefficient (Wildman–Crippen LogP) is 2.63. The van der Waals surface area contributed by atoms with Gasteiger partial charge in [0, 0.05) is 16.4 Å². The van der Waals surface area contributed by atoms with E-state index in [0.717, 1.165) is 6.54 Å². The highest BCUT2D eigenvalue weighted by Gasteiger charge is 2.45. The van der Waals surface area contributed by atoms with Crippen LogP contribution in [-0.4, -0.2) is 13.1 Å². The van der Waals surface area contributed by atoms with Gasteiger partial charge in [-0.1, -0.05) is 22.0 Å². The fraction of sp³-hybridized carbons (Fsp3) is 0.500. The molecule has 1 aliphatic heterocycles. The maximum atomic E-state index is 3.57. The van der Waals surface area contributed by atoms with Crippen LogP contribution in [0.5, 0.6) is 0 Å². The quantitative estimate of drug-likeness (QED) is 0.748. The van der Waals surface area contributed by atoms with Gasteiger partial charge in [-0.25, -0.2) is 0 Å². The molecule has 0 unspecified atom stereocenters. The molecule has 1 fully saturated rings. The average Bonchev–Trinajstić information content (AvgIpc) is 2.97. The fourth-order valence-electron chi connectivity index (χ4n) is 2.50. The molecule has 1 saturated carbocycles. The topological polar surface area (TPSA) is 12.0 Å². The third-order valence-corrected chi connectivity index (χ3v) is 4.02. The van der Waals surface area contributed by atoms with E-state index in [4.69, 9.17) is 0 Å². The first-order valence-electron chi connectivity index (χ1n) is 5.30. The highest BCUT2D eigenvalue weighted by atomic mass is 79.9. The second kappa shape index (κ2) is 3.07. The Kier molecular flexibility index (Phi) is 1.96. The molecule has 0 amide bonds. The van der Waals surface area contributed by atoms with Gasteiger partial charge < -0.3 is 5.32 Å². The minimum absolute atomic E-state index is 0.496. The monoisotopic (exact) mass is 251 g/mol. The molecular formula is C12H14BrN. The number of nitrogens with one attached hydrogen (secondary N) is 1. The van der Waals surface area contributed by atoms with E-state index in [2.05, 4.69) is 39.4 Å². The standard InChI is InChI=1S/C12H14BrN/c13-10-2-1-9-3-6-14-8-12(4-5-12)11(9)7-10/h1-2,7,14H,3-6,8H2. The summed E-state index contributed by atoms with van der Waals surface area (Å²) in [6, 6.07) is 6.78. The van der Waals surface area contributed by atoms with Crippen LogP contribution < -0.4 is 5.32 Å². The van der Waals surface area contributed by atoms with Crippen molar-refractivity contribution in [1.82, 2.24) is 5.32 Å². The maximum absolute atomic E-state index is 3.57. The number of benzene rings is 1. The molecule has 74 valence electrons. The van der Waals surface area contributed by atoms with Crippen LogP contribution in [0.25, 0.3) is 0 Å². The zero-order chi connectivity index (χ0) is 9.60. The van der Waals surface area contributed by atoms with E-state index >= 15 is 0 Å². The highest BCUT2D eigenvalue weighted by Crippen LogP contribution is 2.50. The minimum atomic E-state index is 0.496. The minimum Gasteiger partial charge on any atom is -0.316 e. The van der Waals surface area contributed by atoms with Crippen LogP contribution >= 0.6 is 15.9 Å². The molecule has 1 nitrogen and oxygen atoms in total. The Labute approximate surface area is 93.0 Å². The summed E-state index contributed by atoms with van der Waals surface area (Å²) in [5, 5.41) is 3.55. The van der Waals surface area contributed by atoms with Gasteiger partial charge in [-0.05, 0) is 49.1 Å². The Bertz CT molecular complexity index is 369. The van der Waals surface area contributed by atoms with Crippen molar-refractivity contribution in [1.29, 1.82) is 0 Å². The second-order valence-corrected chi connectivity index (χ2v) is 5.42. The summed E-state index contributed by atoms with van der Waals surface area (Å²) in [5.74, 6) is 0. The summed E-state index contributed by atoms with van der Waals surface area (Å²) in [6.07, 6.45) is 3.91. The van der Waals surface area contributed by atoms with E-state index in [0.29, 0.717) is 5.41 Å². The molecule has 2 heteroatoms. The molecule has 1 aromatic rings. The van der Waals surface area contributed by atoms with Crippen molar-refractivity contribution < 1.29 is 0 Å². The van der Waals surface area contributed by atoms with Crippen LogP contribution in [0.4, 0.5) is 0 Å². The van der Waals surface area contributed by atoms with E-state index < -0.39 is 0 Å². The molecule has 1 aliphatic carbocycles. The summed E-state index contributed by atoms with van der Waals surface area (Å²) < 4.78 is 1.23. The van der Waals surface area contributed by atoms with Crippen LogP contribution in [0.3, 0.4) is 0 Å². The Hall–Kier alpha value is -0.340. The van der Waals surface area contributed by atoms with Gasteiger partial charge in [0.05, 0.1) is 0 Å². The molecule has 1 aromatic carbocycles. The van der Waals surface area contributed by atoms with Gasteiger partial charge in [-0.3, -0.25) is 0 Å². The highest BCUT2D eigenvalue weighted by molar-refractivity contribution is 9.10. The maximum Gasteiger partial charge on any atom is 0.0178 e. The van der Waals surface area contributed by atoms with Crippen LogP contribution in [0, 0.1) is 0 Å². The van der Waals surface area contributed by atoms with Gasteiger partial charge >= 0.3 is 0 Å². The zero-order valence-corrected chi connectivity index (χ0v) is 9.73. The summed E-state index contributed by atoms with van der Waals surface area (Å²) in [5.41, 5.74) is 3.64. The lowest BCUT2D eigenvalue weighted by Crippen LogP contribution is -2.24. The third kappa shape index (κ3) is 1.32. The molecule has 0 saturated heterocycles. The molecule has 1 N–H and O–H groups in total. The van der Waals surface area contributed by atoms with Gasteiger partial charge in [0.1, 0.15) is 0 Å². The molecule has 0 atom stereocenters. The van der Waals surface area contributed by atoms with Crippen LogP contribution in [0.15, 0.2) is 22.7 Å². The average molecular weight is 252 g/mol.